The van der Waals surface area contributed by atoms with Crippen molar-refractivity contribution in [3.05, 3.63) is 0 Å². The number of rotatable bonds is 3. The Kier molecular flexibility index (Phi) is 3.06. The van der Waals surface area contributed by atoms with E-state index in [-0.39, 0.29) is 10.8 Å². The van der Waals surface area contributed by atoms with Crippen molar-refractivity contribution in [2.45, 2.75) is 67.2 Å². The van der Waals surface area contributed by atoms with Gasteiger partial charge < -0.3 is 0 Å². The van der Waals surface area contributed by atoms with Crippen molar-refractivity contribution in [3.63, 3.8) is 0 Å². The van der Waals surface area contributed by atoms with Gasteiger partial charge in [0.05, 0.1) is 0 Å². The van der Waals surface area contributed by atoms with Gasteiger partial charge in [0.15, 0.2) is 0 Å². The molecule has 1 nitrogen and oxygen atoms in total. The quantitative estimate of drug-likeness (QED) is 0.682. The van der Waals surface area contributed by atoms with Gasteiger partial charge in [-0.3, -0.25) is 4.79 Å². The van der Waals surface area contributed by atoms with Crippen molar-refractivity contribution in [1.29, 1.82) is 0 Å². The molecule has 0 N–H and O–H groups in total. The Hall–Kier alpha value is -0.330. The lowest BCUT2D eigenvalue weighted by Gasteiger charge is -2.27. The third kappa shape index (κ3) is 3.32. The van der Waals surface area contributed by atoms with E-state index in [1.807, 2.05) is 20.8 Å². The van der Waals surface area contributed by atoms with Crippen LogP contribution < -0.4 is 0 Å². The zero-order chi connectivity index (χ0) is 11.9. The zero-order valence-corrected chi connectivity index (χ0v) is 11.2. The van der Waals surface area contributed by atoms with Crippen molar-refractivity contribution in [2.75, 3.05) is 0 Å². The summed E-state index contributed by atoms with van der Waals surface area (Å²) in [5.41, 5.74) is 0.258. The Labute approximate surface area is 94.6 Å². The molecule has 0 bridgehead atoms. The minimum atomic E-state index is -0.158. The molecule has 1 fully saturated rings. The average Bonchev–Trinajstić information content (AvgIpc) is 2.77. The number of carbonyl (C=O) groups is 1. The molecule has 0 aromatic heterocycles. The molecule has 0 amide bonds. The molecule has 15 heavy (non-hydrogen) atoms. The van der Waals surface area contributed by atoms with Crippen LogP contribution >= 0.6 is 0 Å². The standard InChI is InChI=1S/C14H26O/c1-12(2,3)7-8-14(9-10-14)11(15)13(4,5)6/h7-10H2,1-6H3. The molecule has 0 aliphatic heterocycles. The molecule has 0 aromatic carbocycles. The molecule has 0 saturated heterocycles. The summed E-state index contributed by atoms with van der Waals surface area (Å²) in [6.07, 6.45) is 4.50. The van der Waals surface area contributed by atoms with Crippen LogP contribution in [0.2, 0.25) is 0 Å². The van der Waals surface area contributed by atoms with Gasteiger partial charge in [0, 0.05) is 10.8 Å². The third-order valence-corrected chi connectivity index (χ3v) is 3.37. The maximum atomic E-state index is 12.3. The van der Waals surface area contributed by atoms with Gasteiger partial charge in [0.25, 0.3) is 0 Å². The highest BCUT2D eigenvalue weighted by molar-refractivity contribution is 5.91. The van der Waals surface area contributed by atoms with Crippen molar-refractivity contribution in [2.24, 2.45) is 16.2 Å². The topological polar surface area (TPSA) is 17.1 Å². The lowest BCUT2D eigenvalue weighted by Crippen LogP contribution is -2.30. The molecule has 1 saturated carbocycles. The summed E-state index contributed by atoms with van der Waals surface area (Å²) in [7, 11) is 0. The second-order valence-corrected chi connectivity index (χ2v) is 7.42. The highest BCUT2D eigenvalue weighted by atomic mass is 16.1. The fraction of sp³-hybridized carbons (Fsp3) is 0.929. The summed E-state index contributed by atoms with van der Waals surface area (Å²) in [4.78, 5) is 12.3. The maximum absolute atomic E-state index is 12.3. The number of hydrogen-bond donors (Lipinski definition) is 0. The Bertz CT molecular complexity index is 245. The maximum Gasteiger partial charge on any atom is 0.144 e. The predicted octanol–water partition coefficient (Wildman–Crippen LogP) is 4.21. The summed E-state index contributed by atoms with van der Waals surface area (Å²) in [5, 5.41) is 0. The van der Waals surface area contributed by atoms with Crippen LogP contribution in [0.5, 0.6) is 0 Å². The number of Topliss-reactive ketones (excluding diaryl/α,β-unsaturated/α-hetero) is 1. The van der Waals surface area contributed by atoms with E-state index in [9.17, 15) is 4.79 Å². The van der Waals surface area contributed by atoms with E-state index >= 15 is 0 Å². The molecule has 1 aliphatic carbocycles. The zero-order valence-electron chi connectivity index (χ0n) is 11.2. The third-order valence-electron chi connectivity index (χ3n) is 3.37. The predicted molar refractivity (Wildman–Crippen MR) is 64.8 cm³/mol. The Morgan fingerprint density at radius 2 is 1.53 bits per heavy atom. The van der Waals surface area contributed by atoms with Gasteiger partial charge in [-0.2, -0.15) is 0 Å². The van der Waals surface area contributed by atoms with Crippen LogP contribution in [-0.4, -0.2) is 5.78 Å². The molecule has 0 spiro atoms. The first-order valence-electron chi connectivity index (χ1n) is 6.12. The van der Waals surface area contributed by atoms with Gasteiger partial charge in [0.2, 0.25) is 0 Å². The van der Waals surface area contributed by atoms with E-state index in [0.717, 1.165) is 25.7 Å². The van der Waals surface area contributed by atoms with Crippen LogP contribution in [0.15, 0.2) is 0 Å². The average molecular weight is 210 g/mol. The van der Waals surface area contributed by atoms with E-state index in [2.05, 4.69) is 20.8 Å². The Balaban J connectivity index is 2.58. The summed E-state index contributed by atoms with van der Waals surface area (Å²) in [6, 6.07) is 0. The lowest BCUT2D eigenvalue weighted by atomic mass is 9.76. The molecule has 0 heterocycles. The van der Waals surface area contributed by atoms with Crippen LogP contribution in [0.3, 0.4) is 0 Å². The molecular formula is C14H26O. The smallest absolute Gasteiger partial charge is 0.144 e. The second-order valence-electron chi connectivity index (χ2n) is 7.42. The molecular weight excluding hydrogens is 184 g/mol. The van der Waals surface area contributed by atoms with Crippen molar-refractivity contribution < 1.29 is 4.79 Å². The fourth-order valence-electron chi connectivity index (χ4n) is 2.15. The van der Waals surface area contributed by atoms with Crippen LogP contribution in [-0.2, 0) is 4.79 Å². The van der Waals surface area contributed by atoms with Gasteiger partial charge in [-0.1, -0.05) is 41.5 Å². The molecule has 1 aliphatic rings. The van der Waals surface area contributed by atoms with Gasteiger partial charge >= 0.3 is 0 Å². The molecule has 0 radical (unpaired) electrons. The van der Waals surface area contributed by atoms with E-state index in [4.69, 9.17) is 0 Å². The van der Waals surface area contributed by atoms with Gasteiger partial charge in [0.1, 0.15) is 5.78 Å². The number of ketones is 1. The van der Waals surface area contributed by atoms with Crippen molar-refractivity contribution in [3.8, 4) is 0 Å². The molecule has 0 unspecified atom stereocenters. The highest BCUT2D eigenvalue weighted by Gasteiger charge is 2.52. The highest BCUT2D eigenvalue weighted by Crippen LogP contribution is 2.54. The second kappa shape index (κ2) is 3.61. The lowest BCUT2D eigenvalue weighted by molar-refractivity contribution is -0.132. The first-order chi connectivity index (χ1) is 6.57. The molecule has 88 valence electrons. The first kappa shape index (κ1) is 12.7. The van der Waals surface area contributed by atoms with E-state index in [0.29, 0.717) is 11.2 Å². The molecule has 1 heteroatoms. The van der Waals surface area contributed by atoms with Gasteiger partial charge in [-0.05, 0) is 31.1 Å². The first-order valence-corrected chi connectivity index (χ1v) is 6.12. The van der Waals surface area contributed by atoms with Crippen molar-refractivity contribution in [1.82, 2.24) is 0 Å². The summed E-state index contributed by atoms with van der Waals surface area (Å²) >= 11 is 0. The SMILES string of the molecule is CC(C)(C)CCC1(C(=O)C(C)(C)C)CC1. The van der Waals surface area contributed by atoms with E-state index in [1.54, 1.807) is 0 Å². The summed E-state index contributed by atoms with van der Waals surface area (Å²) < 4.78 is 0. The summed E-state index contributed by atoms with van der Waals surface area (Å²) in [6.45, 7) is 12.9. The van der Waals surface area contributed by atoms with Gasteiger partial charge in [-0.15, -0.1) is 0 Å². The van der Waals surface area contributed by atoms with Crippen LogP contribution in [0.4, 0.5) is 0 Å². The van der Waals surface area contributed by atoms with Crippen LogP contribution in [0.1, 0.15) is 67.2 Å². The fourth-order valence-corrected chi connectivity index (χ4v) is 2.15. The Morgan fingerprint density at radius 3 is 1.80 bits per heavy atom. The van der Waals surface area contributed by atoms with Gasteiger partial charge in [-0.25, -0.2) is 0 Å². The van der Waals surface area contributed by atoms with Crippen LogP contribution in [0.25, 0.3) is 0 Å². The number of carbonyl (C=O) groups excluding carboxylic acids is 1. The minimum absolute atomic E-state index is 0.0610. The normalized spacial score (nSPS) is 20.1. The molecule has 1 rings (SSSR count). The van der Waals surface area contributed by atoms with Crippen molar-refractivity contribution >= 4 is 5.78 Å². The van der Waals surface area contributed by atoms with E-state index < -0.39 is 0 Å². The van der Waals surface area contributed by atoms with Crippen LogP contribution in [0, 0.1) is 16.2 Å². The molecule has 0 atom stereocenters. The number of hydrogen-bond acceptors (Lipinski definition) is 1. The minimum Gasteiger partial charge on any atom is -0.298 e. The van der Waals surface area contributed by atoms with E-state index in [1.165, 1.54) is 0 Å². The Morgan fingerprint density at radius 1 is 1.07 bits per heavy atom. The largest absolute Gasteiger partial charge is 0.298 e. The monoisotopic (exact) mass is 210 g/mol. The molecule has 0 aromatic rings. The summed E-state index contributed by atoms with van der Waals surface area (Å²) in [5.74, 6) is 0.485.